The largest absolute Gasteiger partial charge is 0.464 e. The zero-order valence-corrected chi connectivity index (χ0v) is 86.1. The molecule has 0 bridgehead atoms. The molecule has 9 heterocycles. The van der Waals surface area contributed by atoms with Gasteiger partial charge in [-0.25, -0.2) is 71.7 Å². The second-order valence-electron chi connectivity index (χ2n) is 40.0. The average molecular weight is 2020 g/mol. The van der Waals surface area contributed by atoms with Crippen molar-refractivity contribution >= 4 is 124 Å². The summed E-state index contributed by atoms with van der Waals surface area (Å²) in [6.45, 7) is 29.1. The van der Waals surface area contributed by atoms with E-state index in [2.05, 4.69) is 60.1 Å². The molecule has 15 rings (SSSR count). The molecule has 0 aliphatic carbocycles. The van der Waals surface area contributed by atoms with Crippen LogP contribution in [0.4, 0.5) is 30.6 Å². The van der Waals surface area contributed by atoms with Crippen molar-refractivity contribution in [2.45, 2.75) is 215 Å². The second-order valence-corrected chi connectivity index (χ2v) is 45.0. The van der Waals surface area contributed by atoms with E-state index in [0.717, 1.165) is 16.2 Å². The number of aryl methyl sites for hydroxylation is 3. The Kier molecular flexibility index (Phi) is 32.3. The third kappa shape index (κ3) is 24.9. The number of anilines is 3. The van der Waals surface area contributed by atoms with E-state index in [0.29, 0.717) is 84.6 Å². The molecule has 0 spiro atoms. The quantitative estimate of drug-likeness (QED) is 0.0126. The fraction of sp³-hybridized carbons (Fsp3) is 0.500. The Morgan fingerprint density at radius 1 is 0.404 bits per heavy atom. The smallest absolute Gasteiger partial charge is 0.459 e. The van der Waals surface area contributed by atoms with E-state index in [1.54, 1.807) is 151 Å². The molecule has 762 valence electrons. The number of aliphatic hydroxyl groups is 3. The molecule has 3 fully saturated rings. The first-order valence-corrected chi connectivity index (χ1v) is 50.4. The highest BCUT2D eigenvalue weighted by molar-refractivity contribution is 7.52. The van der Waals surface area contributed by atoms with Crippen LogP contribution in [0.3, 0.4) is 0 Å². The first-order valence-electron chi connectivity index (χ1n) is 45.8. The molecule has 0 unspecified atom stereocenters. The van der Waals surface area contributed by atoms with Gasteiger partial charge in [-0.3, -0.25) is 41.7 Å². The molecular formula is C96H126F3N18O21P3. The van der Waals surface area contributed by atoms with Gasteiger partial charge in [0.15, 0.2) is 86.6 Å². The van der Waals surface area contributed by atoms with Crippen LogP contribution in [0.15, 0.2) is 146 Å². The lowest BCUT2D eigenvalue weighted by Crippen LogP contribution is -2.41. The Balaban J connectivity index is 0.000000178. The number of nitrogens with zero attached hydrogens (tertiary/aromatic N) is 15. The maximum atomic E-state index is 16.3. The summed E-state index contributed by atoms with van der Waals surface area (Å²) in [5.74, 6) is 1.62. The Bertz CT molecular complexity index is 6030. The normalized spacial score (nSPS) is 23.5. The molecule has 3 saturated heterocycles. The van der Waals surface area contributed by atoms with Gasteiger partial charge in [0.2, 0.25) is 0 Å². The number of nitrogens with one attached hydrogen (secondary N) is 3. The monoisotopic (exact) mass is 2020 g/mol. The van der Waals surface area contributed by atoms with Crippen LogP contribution in [0.1, 0.15) is 140 Å². The molecule has 141 heavy (non-hydrogen) atoms. The number of hydrogen-bond donors (Lipinski definition) is 6. The van der Waals surface area contributed by atoms with Crippen molar-refractivity contribution in [1.29, 1.82) is 0 Å². The summed E-state index contributed by atoms with van der Waals surface area (Å²) in [7, 11) is -2.34. The molecule has 3 aliphatic rings. The molecule has 18 atom stereocenters. The first-order chi connectivity index (χ1) is 66.0. The molecular weight excluding hydrogens is 1890 g/mol. The lowest BCUT2D eigenvalue weighted by atomic mass is 9.98. The molecule has 0 radical (unpaired) electrons. The maximum absolute atomic E-state index is 16.3. The molecule has 6 aromatic carbocycles. The van der Waals surface area contributed by atoms with Gasteiger partial charge in [-0.2, -0.15) is 15.3 Å². The topological polar surface area (TPSA) is 450 Å². The summed E-state index contributed by atoms with van der Waals surface area (Å²) >= 11 is 0. The van der Waals surface area contributed by atoms with E-state index in [1.807, 2.05) is 117 Å². The van der Waals surface area contributed by atoms with E-state index >= 15 is 13.2 Å². The summed E-state index contributed by atoms with van der Waals surface area (Å²) in [6, 6.07) is 34.3. The highest BCUT2D eigenvalue weighted by Crippen LogP contribution is 2.54. The van der Waals surface area contributed by atoms with E-state index in [4.69, 9.17) is 55.6 Å². The highest BCUT2D eigenvalue weighted by atomic mass is 31.2. The van der Waals surface area contributed by atoms with Gasteiger partial charge in [-0.05, 0) is 113 Å². The number of ether oxygens (including phenoxy) is 6. The van der Waals surface area contributed by atoms with Crippen LogP contribution >= 0.6 is 23.2 Å². The zero-order valence-electron chi connectivity index (χ0n) is 83.4. The first kappa shape index (κ1) is 107. The van der Waals surface area contributed by atoms with Gasteiger partial charge in [0.1, 0.15) is 89.5 Å². The van der Waals surface area contributed by atoms with Crippen LogP contribution in [0.25, 0.3) is 65.8 Å². The molecule has 12 aromatic rings. The number of esters is 3. The third-order valence-electron chi connectivity index (χ3n) is 22.9. The molecule has 0 amide bonds. The molecule has 39 nitrogen and oxygen atoms in total. The Morgan fingerprint density at radius 2 is 0.638 bits per heavy atom. The minimum atomic E-state index is -4.39. The van der Waals surface area contributed by atoms with E-state index < -0.39 is 151 Å². The average Bonchev–Trinajstić information content (AvgIpc) is 1.58. The van der Waals surface area contributed by atoms with Crippen LogP contribution < -0.4 is 43.5 Å². The van der Waals surface area contributed by atoms with Crippen molar-refractivity contribution in [1.82, 2.24) is 73.8 Å². The number of halogens is 3. The Morgan fingerprint density at radius 3 is 0.872 bits per heavy atom. The Hall–Kier alpha value is -11.0. The molecule has 45 heteroatoms. The number of fused-ring (bicyclic) bond motifs is 6. The van der Waals surface area contributed by atoms with Crippen molar-refractivity contribution in [3.63, 3.8) is 0 Å². The second kappa shape index (κ2) is 42.5. The summed E-state index contributed by atoms with van der Waals surface area (Å²) in [5, 5.41) is 45.8. The van der Waals surface area contributed by atoms with Crippen molar-refractivity contribution < 1.29 is 112 Å². The van der Waals surface area contributed by atoms with Crippen LogP contribution in [-0.2, 0) is 70.1 Å². The van der Waals surface area contributed by atoms with E-state index in [-0.39, 0.29) is 53.3 Å². The summed E-state index contributed by atoms with van der Waals surface area (Å²) in [6.07, 6.45) is -8.95. The van der Waals surface area contributed by atoms with E-state index in [1.165, 1.54) is 74.2 Å². The maximum Gasteiger partial charge on any atom is 0.459 e. The number of imidazole rings is 3. The van der Waals surface area contributed by atoms with Crippen LogP contribution in [0.5, 0.6) is 17.2 Å². The fourth-order valence-corrected chi connectivity index (χ4v) is 20.2. The standard InChI is InChI=1S/3C32H42FN6O7P/c3*1-19(29(41)43-17-31(3,4)5)37-47(42,46-23-15-11-13-21-12-9-10-14-22(21)23)44-16-24-26(40)32(6,33)30(45-24)39-18-34-25-27(38(7)8)35-20(2)36-28(25)39/h3*9-15,18-19,24,26,30,40H,16-17H2,1-8H3,(H,37,42)/t19-,24+,26+,30+,32+,47-;19-,24-,26-,30-,32-,47+;19-,24-,26-,30-,32-,47-/m011/s1. The predicted octanol–water partition coefficient (Wildman–Crippen LogP) is 15.3. The molecule has 6 N–H and O–H groups in total. The van der Waals surface area contributed by atoms with Gasteiger partial charge in [-0.15, -0.1) is 0 Å². The minimum Gasteiger partial charge on any atom is -0.464 e. The SMILES string of the molecule is Cc1nc(N(C)C)c2ncn([C@@H]3O[C@H](CO[P@@](=O)(N[C@@H](C)C(=O)OCC(C)(C)C)Oc4cccc5ccccc45)[C@@H](O)[C@@]3(C)F)c2n1.Cc1nc(N(C)C)c2ncn([C@@H]3O[C@H](CO[P@@](=O)(N[C@H](C)C(=O)OCC(C)(C)C)Oc4cccc5ccccc45)[C@@H](O)[C@@]3(C)F)c2n1.Cc1nc(N(C)C)c2ncn([C@@H]3O[C@H](CO[P@](=O)(N[C@H](C)C(=O)OCC(C)(C)C)Oc4cccc5ccccc45)[C@@H](O)[C@@]3(C)F)c2n1. The van der Waals surface area contributed by atoms with Crippen LogP contribution in [0.2, 0.25) is 0 Å². The zero-order chi connectivity index (χ0) is 103. The lowest BCUT2D eigenvalue weighted by Gasteiger charge is -2.26. The minimum absolute atomic E-state index is 0.134. The highest BCUT2D eigenvalue weighted by Gasteiger charge is 2.59. The van der Waals surface area contributed by atoms with E-state index in [9.17, 15) is 43.4 Å². The summed E-state index contributed by atoms with van der Waals surface area (Å²) in [5.41, 5.74) is -5.64. The van der Waals surface area contributed by atoms with Crippen molar-refractivity contribution in [3.8, 4) is 17.2 Å². The van der Waals surface area contributed by atoms with Crippen molar-refractivity contribution in [3.05, 3.63) is 164 Å². The Labute approximate surface area is 815 Å². The van der Waals surface area contributed by atoms with Gasteiger partial charge in [0.25, 0.3) is 0 Å². The number of benzene rings is 6. The van der Waals surface area contributed by atoms with Crippen molar-refractivity contribution in [2.75, 3.05) is 96.6 Å². The number of aromatic nitrogens is 12. The number of hydrogen-bond acceptors (Lipinski definition) is 33. The lowest BCUT2D eigenvalue weighted by molar-refractivity contribution is -0.148. The molecule has 0 saturated carbocycles. The number of carbonyl (C=O) groups excluding carboxylic acids is 3. The number of alkyl halides is 3. The van der Waals surface area contributed by atoms with Gasteiger partial charge in [-0.1, -0.05) is 172 Å². The predicted molar refractivity (Wildman–Crippen MR) is 525 cm³/mol. The van der Waals surface area contributed by atoms with Crippen molar-refractivity contribution in [2.24, 2.45) is 16.2 Å². The number of rotatable bonds is 33. The fourth-order valence-electron chi connectivity index (χ4n) is 15.6. The molecule has 3 aliphatic heterocycles. The number of aliphatic hydroxyl groups excluding tert-OH is 3. The van der Waals surface area contributed by atoms with Gasteiger partial charge >= 0.3 is 41.1 Å². The van der Waals surface area contributed by atoms with Crippen LogP contribution in [0, 0.1) is 37.0 Å². The summed E-state index contributed by atoms with van der Waals surface area (Å²) in [4.78, 5) is 83.7. The van der Waals surface area contributed by atoms with Crippen LogP contribution in [-0.4, -0.2) is 245 Å². The third-order valence-corrected chi connectivity index (χ3v) is 27.8. The summed E-state index contributed by atoms with van der Waals surface area (Å²) < 4.78 is 166. The molecule has 6 aromatic heterocycles. The van der Waals surface area contributed by atoms with Gasteiger partial charge in [0.05, 0.1) is 58.6 Å². The number of carbonyl (C=O) groups is 3. The van der Waals surface area contributed by atoms with Gasteiger partial charge < -0.3 is 72.0 Å². The van der Waals surface area contributed by atoms with Gasteiger partial charge in [0, 0.05) is 58.4 Å².